The molecule has 1 N–H and O–H groups in total. The van der Waals surface area contributed by atoms with Crippen LogP contribution >= 0.6 is 0 Å². The number of nitrogens with zero attached hydrogens (tertiary/aromatic N) is 2. The Kier molecular flexibility index (Phi) is 6.62. The quantitative estimate of drug-likeness (QED) is 0.785. The van der Waals surface area contributed by atoms with Crippen molar-refractivity contribution in [2.75, 3.05) is 18.4 Å². The number of benzene rings is 2. The molecule has 1 aliphatic rings. The molecule has 0 radical (unpaired) electrons. The summed E-state index contributed by atoms with van der Waals surface area (Å²) in [6.07, 6.45) is 1.51. The van der Waals surface area contributed by atoms with Crippen LogP contribution in [-0.2, 0) is 27.0 Å². The molecular formula is C21H22FN3O3S. The van der Waals surface area contributed by atoms with Gasteiger partial charge in [-0.2, -0.15) is 5.26 Å². The minimum Gasteiger partial charge on any atom is -0.326 e. The van der Waals surface area contributed by atoms with Crippen molar-refractivity contribution in [2.24, 2.45) is 5.92 Å². The smallest absolute Gasteiger partial charge is 0.228 e. The van der Waals surface area contributed by atoms with Gasteiger partial charge < -0.3 is 5.32 Å². The molecule has 0 bridgehead atoms. The highest BCUT2D eigenvalue weighted by Gasteiger charge is 2.32. The Bertz CT molecular complexity index is 999. The average Bonchev–Trinajstić information content (AvgIpc) is 2.71. The number of halogens is 1. The predicted molar refractivity (Wildman–Crippen MR) is 108 cm³/mol. The van der Waals surface area contributed by atoms with Gasteiger partial charge in [0.05, 0.1) is 24.2 Å². The fourth-order valence-corrected chi connectivity index (χ4v) is 4.94. The molecule has 1 fully saturated rings. The molecule has 1 heterocycles. The molecule has 0 unspecified atom stereocenters. The summed E-state index contributed by atoms with van der Waals surface area (Å²) in [6.45, 7) is 0.498. The molecule has 1 atom stereocenters. The number of sulfonamides is 1. The summed E-state index contributed by atoms with van der Waals surface area (Å²) in [5, 5.41) is 11.5. The van der Waals surface area contributed by atoms with Gasteiger partial charge in [0.25, 0.3) is 0 Å². The first-order valence-electron chi connectivity index (χ1n) is 9.36. The largest absolute Gasteiger partial charge is 0.326 e. The van der Waals surface area contributed by atoms with Crippen LogP contribution < -0.4 is 5.32 Å². The highest BCUT2D eigenvalue weighted by Crippen LogP contribution is 2.23. The van der Waals surface area contributed by atoms with E-state index in [-0.39, 0.29) is 18.2 Å². The molecule has 0 aromatic heterocycles. The van der Waals surface area contributed by atoms with Gasteiger partial charge in [-0.05, 0) is 48.2 Å². The molecule has 0 saturated carbocycles. The number of nitrogens with one attached hydrogen (secondary N) is 1. The van der Waals surface area contributed by atoms with Crippen LogP contribution in [0, 0.1) is 23.1 Å². The fourth-order valence-electron chi connectivity index (χ4n) is 3.33. The third-order valence-electron chi connectivity index (χ3n) is 4.92. The van der Waals surface area contributed by atoms with E-state index < -0.39 is 21.8 Å². The lowest BCUT2D eigenvalue weighted by Gasteiger charge is -2.31. The molecule has 2 aromatic rings. The molecule has 1 saturated heterocycles. The highest BCUT2D eigenvalue weighted by molar-refractivity contribution is 7.88. The number of hydrogen-bond donors (Lipinski definition) is 1. The third kappa shape index (κ3) is 5.62. The molecule has 8 heteroatoms. The molecule has 152 valence electrons. The Hall–Kier alpha value is -2.76. The SMILES string of the molecule is N#CCc1ccc(NC(=O)[C@@H]2CCCN(S(=O)(=O)Cc3ccc(F)cc3)C2)cc1. The zero-order valence-corrected chi connectivity index (χ0v) is 16.7. The molecule has 1 amide bonds. The first kappa shape index (κ1) is 21.0. The Morgan fingerprint density at radius 2 is 1.79 bits per heavy atom. The van der Waals surface area contributed by atoms with E-state index in [1.54, 1.807) is 24.3 Å². The minimum absolute atomic E-state index is 0.127. The molecule has 0 spiro atoms. The Balaban J connectivity index is 1.62. The fraction of sp³-hybridized carbons (Fsp3) is 0.333. The summed E-state index contributed by atoms with van der Waals surface area (Å²) >= 11 is 0. The molecule has 0 aliphatic carbocycles. The van der Waals surface area contributed by atoms with Gasteiger partial charge in [0.2, 0.25) is 15.9 Å². The Labute approximate surface area is 170 Å². The van der Waals surface area contributed by atoms with Crippen molar-refractivity contribution in [1.29, 1.82) is 5.26 Å². The zero-order valence-electron chi connectivity index (χ0n) is 15.8. The van der Waals surface area contributed by atoms with Gasteiger partial charge in [0, 0.05) is 18.8 Å². The second-order valence-corrected chi connectivity index (χ2v) is 9.07. The maximum Gasteiger partial charge on any atom is 0.228 e. The first-order chi connectivity index (χ1) is 13.9. The molecule has 29 heavy (non-hydrogen) atoms. The first-order valence-corrected chi connectivity index (χ1v) is 11.0. The third-order valence-corrected chi connectivity index (χ3v) is 6.73. The summed E-state index contributed by atoms with van der Waals surface area (Å²) in [5.41, 5.74) is 1.99. The standard InChI is InChI=1S/C21H22FN3O3S/c22-19-7-3-17(4-8-19)15-29(27,28)25-13-1-2-18(14-25)21(26)24-20-9-5-16(6-10-20)11-12-23/h3-10,18H,1-2,11,13-15H2,(H,24,26)/t18-/m1/s1. The van der Waals surface area contributed by atoms with Crippen LogP contribution in [-0.4, -0.2) is 31.7 Å². The lowest BCUT2D eigenvalue weighted by Crippen LogP contribution is -2.44. The van der Waals surface area contributed by atoms with E-state index in [1.165, 1.54) is 28.6 Å². The number of anilines is 1. The second-order valence-electron chi connectivity index (χ2n) is 7.10. The van der Waals surface area contributed by atoms with Crippen molar-refractivity contribution >= 4 is 21.6 Å². The molecular weight excluding hydrogens is 393 g/mol. The maximum atomic E-state index is 13.0. The van der Waals surface area contributed by atoms with Gasteiger partial charge in [-0.1, -0.05) is 24.3 Å². The van der Waals surface area contributed by atoms with Crippen molar-refractivity contribution < 1.29 is 17.6 Å². The summed E-state index contributed by atoms with van der Waals surface area (Å²) in [6, 6.07) is 14.5. The van der Waals surface area contributed by atoms with Crippen LogP contribution in [0.5, 0.6) is 0 Å². The van der Waals surface area contributed by atoms with E-state index in [2.05, 4.69) is 11.4 Å². The molecule has 1 aliphatic heterocycles. The van der Waals surface area contributed by atoms with E-state index in [0.717, 1.165) is 5.56 Å². The van der Waals surface area contributed by atoms with Crippen LogP contribution in [0.3, 0.4) is 0 Å². The molecule has 2 aromatic carbocycles. The van der Waals surface area contributed by atoms with Gasteiger partial charge >= 0.3 is 0 Å². The number of piperidine rings is 1. The number of carbonyl (C=O) groups is 1. The van der Waals surface area contributed by atoms with E-state index in [4.69, 9.17) is 5.26 Å². The maximum absolute atomic E-state index is 13.0. The summed E-state index contributed by atoms with van der Waals surface area (Å²) < 4.78 is 39.9. The summed E-state index contributed by atoms with van der Waals surface area (Å²) in [5.74, 6) is -1.30. The van der Waals surface area contributed by atoms with Crippen LogP contribution in [0.25, 0.3) is 0 Å². The van der Waals surface area contributed by atoms with Gasteiger partial charge in [0.1, 0.15) is 5.82 Å². The van der Waals surface area contributed by atoms with E-state index in [9.17, 15) is 17.6 Å². The van der Waals surface area contributed by atoms with Gasteiger partial charge in [-0.3, -0.25) is 4.79 Å². The van der Waals surface area contributed by atoms with Crippen LogP contribution in [0.1, 0.15) is 24.0 Å². The van der Waals surface area contributed by atoms with Crippen molar-refractivity contribution in [3.8, 4) is 6.07 Å². The Morgan fingerprint density at radius 1 is 1.14 bits per heavy atom. The summed E-state index contributed by atoms with van der Waals surface area (Å²) in [4.78, 5) is 12.6. The molecule has 3 rings (SSSR count). The zero-order chi connectivity index (χ0) is 20.9. The van der Waals surface area contributed by atoms with Gasteiger partial charge in [-0.15, -0.1) is 0 Å². The van der Waals surface area contributed by atoms with E-state index in [0.29, 0.717) is 37.1 Å². The lowest BCUT2D eigenvalue weighted by molar-refractivity contribution is -0.120. The summed E-state index contributed by atoms with van der Waals surface area (Å²) in [7, 11) is -3.60. The van der Waals surface area contributed by atoms with Crippen LogP contribution in [0.15, 0.2) is 48.5 Å². The van der Waals surface area contributed by atoms with Crippen molar-refractivity contribution in [3.63, 3.8) is 0 Å². The lowest BCUT2D eigenvalue weighted by atomic mass is 9.98. The van der Waals surface area contributed by atoms with Crippen molar-refractivity contribution in [2.45, 2.75) is 25.0 Å². The van der Waals surface area contributed by atoms with E-state index >= 15 is 0 Å². The second kappa shape index (κ2) is 9.16. The monoisotopic (exact) mass is 415 g/mol. The topological polar surface area (TPSA) is 90.3 Å². The Morgan fingerprint density at radius 3 is 2.45 bits per heavy atom. The normalized spacial score (nSPS) is 17.4. The van der Waals surface area contributed by atoms with Crippen LogP contribution in [0.4, 0.5) is 10.1 Å². The molecule has 6 nitrogen and oxygen atoms in total. The predicted octanol–water partition coefficient (Wildman–Crippen LogP) is 3.07. The van der Waals surface area contributed by atoms with E-state index in [1.807, 2.05) is 0 Å². The number of hydrogen-bond acceptors (Lipinski definition) is 4. The number of nitriles is 1. The minimum atomic E-state index is -3.60. The van der Waals surface area contributed by atoms with Gasteiger partial charge in [0.15, 0.2) is 0 Å². The number of carbonyl (C=O) groups excluding carboxylic acids is 1. The van der Waals surface area contributed by atoms with Crippen LogP contribution in [0.2, 0.25) is 0 Å². The van der Waals surface area contributed by atoms with Crippen molar-refractivity contribution in [3.05, 3.63) is 65.5 Å². The van der Waals surface area contributed by atoms with Crippen molar-refractivity contribution in [1.82, 2.24) is 4.31 Å². The number of rotatable bonds is 6. The average molecular weight is 415 g/mol. The van der Waals surface area contributed by atoms with Gasteiger partial charge in [-0.25, -0.2) is 17.1 Å². The highest BCUT2D eigenvalue weighted by atomic mass is 32.2. The number of amides is 1.